The summed E-state index contributed by atoms with van der Waals surface area (Å²) < 4.78 is 6.78. The highest BCUT2D eigenvalue weighted by Gasteiger charge is 2.32. The van der Waals surface area contributed by atoms with E-state index in [2.05, 4.69) is 15.5 Å². The third kappa shape index (κ3) is 4.61. The minimum absolute atomic E-state index is 0.0592. The van der Waals surface area contributed by atoms with Gasteiger partial charge in [0.15, 0.2) is 5.82 Å². The number of fused-ring (bicyclic) bond motifs is 1. The highest BCUT2D eigenvalue weighted by Crippen LogP contribution is 2.30. The van der Waals surface area contributed by atoms with E-state index >= 15 is 0 Å². The van der Waals surface area contributed by atoms with Crippen molar-refractivity contribution in [3.63, 3.8) is 0 Å². The van der Waals surface area contributed by atoms with Crippen LogP contribution in [-0.4, -0.2) is 58.3 Å². The number of carbonyl (C=O) groups excluding carboxylic acids is 1. The predicted octanol–water partition coefficient (Wildman–Crippen LogP) is 1.71. The van der Waals surface area contributed by atoms with Crippen LogP contribution in [0.4, 0.5) is 16.3 Å². The van der Waals surface area contributed by atoms with E-state index in [0.717, 1.165) is 25.9 Å². The van der Waals surface area contributed by atoms with E-state index in [9.17, 15) is 19.7 Å². The van der Waals surface area contributed by atoms with Crippen molar-refractivity contribution < 1.29 is 14.5 Å². The van der Waals surface area contributed by atoms with Gasteiger partial charge >= 0.3 is 11.8 Å². The Balaban J connectivity index is 1.56. The molecule has 10 nitrogen and oxygen atoms in total. The number of rotatable bonds is 4. The van der Waals surface area contributed by atoms with E-state index in [4.69, 9.17) is 4.74 Å². The minimum atomic E-state index is -0.524. The van der Waals surface area contributed by atoms with Crippen LogP contribution in [0.1, 0.15) is 39.7 Å². The van der Waals surface area contributed by atoms with Crippen LogP contribution in [0.25, 0.3) is 0 Å². The lowest BCUT2D eigenvalue weighted by Crippen LogP contribution is -2.47. The van der Waals surface area contributed by atoms with Gasteiger partial charge in [-0.3, -0.25) is 19.5 Å². The summed E-state index contributed by atoms with van der Waals surface area (Å²) in [6.07, 6.45) is 1.17. The number of alkyl carbamates (subject to hydrolysis) is 1. The van der Waals surface area contributed by atoms with Crippen LogP contribution in [0, 0.1) is 10.1 Å². The second-order valence-electron chi connectivity index (χ2n) is 8.29. The van der Waals surface area contributed by atoms with Gasteiger partial charge in [0.05, 0.1) is 11.0 Å². The molecule has 1 amide bonds. The zero-order valence-electron chi connectivity index (χ0n) is 16.4. The predicted molar refractivity (Wildman–Crippen MR) is 104 cm³/mol. The third-order valence-corrected chi connectivity index (χ3v) is 4.95. The van der Waals surface area contributed by atoms with Crippen LogP contribution >= 0.6 is 0 Å². The maximum absolute atomic E-state index is 12.2. The van der Waals surface area contributed by atoms with E-state index in [1.165, 1.54) is 16.7 Å². The van der Waals surface area contributed by atoms with Crippen LogP contribution in [0.3, 0.4) is 0 Å². The van der Waals surface area contributed by atoms with Crippen molar-refractivity contribution in [3.8, 4) is 0 Å². The Kier molecular flexibility index (Phi) is 5.59. The fourth-order valence-electron chi connectivity index (χ4n) is 3.71. The largest absolute Gasteiger partial charge is 0.444 e. The number of amides is 1. The van der Waals surface area contributed by atoms with Crippen molar-refractivity contribution in [2.45, 2.75) is 51.3 Å². The van der Waals surface area contributed by atoms with Gasteiger partial charge in [0.2, 0.25) is 0 Å². The molecular weight excluding hydrogens is 366 g/mol. The molecule has 0 radical (unpaired) electrons. The summed E-state index contributed by atoms with van der Waals surface area (Å²) in [6, 6.07) is 2.40. The monoisotopic (exact) mass is 393 g/mol. The van der Waals surface area contributed by atoms with Crippen LogP contribution in [0.5, 0.6) is 0 Å². The number of aromatic nitrogens is 1. The van der Waals surface area contributed by atoms with E-state index < -0.39 is 16.6 Å². The molecule has 1 unspecified atom stereocenters. The van der Waals surface area contributed by atoms with Crippen LogP contribution < -0.4 is 16.2 Å². The number of likely N-dealkylation sites (tertiary alicyclic amines) is 1. The Morgan fingerprint density at radius 2 is 2.04 bits per heavy atom. The molecule has 3 rings (SSSR count). The molecule has 0 spiro atoms. The fraction of sp³-hybridized carbons (Fsp3) is 0.667. The Labute approximate surface area is 163 Å². The number of anilines is 1. The molecule has 28 heavy (non-hydrogen) atoms. The lowest BCUT2D eigenvalue weighted by molar-refractivity contribution is -0.384. The quantitative estimate of drug-likeness (QED) is 0.590. The van der Waals surface area contributed by atoms with E-state index in [1.54, 1.807) is 0 Å². The standard InChI is InChI=1S/C18H27N5O5/c1-18(2,3)28-17(25)20-12-6-8-21(9-7-12)11-13-10-19-16-14(23(26)27)4-5-15(24)22(13)16/h4-5,12-13,19H,6-11H2,1-3H3,(H,20,25). The maximum Gasteiger partial charge on any atom is 0.407 e. The van der Waals surface area contributed by atoms with Gasteiger partial charge in [-0.2, -0.15) is 0 Å². The lowest BCUT2D eigenvalue weighted by Gasteiger charge is -2.34. The summed E-state index contributed by atoms with van der Waals surface area (Å²) >= 11 is 0. The van der Waals surface area contributed by atoms with Gasteiger partial charge < -0.3 is 20.3 Å². The van der Waals surface area contributed by atoms with Gasteiger partial charge in [-0.05, 0) is 33.6 Å². The summed E-state index contributed by atoms with van der Waals surface area (Å²) in [5.74, 6) is 0.281. The van der Waals surface area contributed by atoms with E-state index in [-0.39, 0.29) is 29.1 Å². The molecule has 154 valence electrons. The Hall–Kier alpha value is -2.62. The number of nitrogens with zero attached hydrogens (tertiary/aromatic N) is 3. The van der Waals surface area contributed by atoms with Gasteiger partial charge in [0.25, 0.3) is 5.56 Å². The second-order valence-corrected chi connectivity index (χ2v) is 8.29. The summed E-state index contributed by atoms with van der Waals surface area (Å²) in [5, 5.41) is 17.1. The van der Waals surface area contributed by atoms with Crippen molar-refractivity contribution in [1.29, 1.82) is 0 Å². The summed E-state index contributed by atoms with van der Waals surface area (Å²) in [4.78, 5) is 37.1. The summed E-state index contributed by atoms with van der Waals surface area (Å²) in [6.45, 7) is 8.14. The molecule has 1 saturated heterocycles. The first-order chi connectivity index (χ1) is 13.1. The molecule has 2 aliphatic rings. The highest BCUT2D eigenvalue weighted by atomic mass is 16.6. The number of hydrogen-bond donors (Lipinski definition) is 2. The Morgan fingerprint density at radius 3 is 2.64 bits per heavy atom. The highest BCUT2D eigenvalue weighted by molar-refractivity contribution is 5.68. The van der Waals surface area contributed by atoms with Crippen LogP contribution in [0.2, 0.25) is 0 Å². The molecule has 2 N–H and O–H groups in total. The average molecular weight is 393 g/mol. The second kappa shape index (κ2) is 7.78. The molecule has 0 saturated carbocycles. The molecule has 1 aromatic rings. The fourth-order valence-corrected chi connectivity index (χ4v) is 3.71. The Bertz CT molecular complexity index is 808. The van der Waals surface area contributed by atoms with Crippen molar-refractivity contribution in [2.24, 2.45) is 0 Å². The van der Waals surface area contributed by atoms with Gasteiger partial charge in [-0.15, -0.1) is 0 Å². The molecule has 2 aliphatic heterocycles. The molecule has 1 fully saturated rings. The molecule has 0 bridgehead atoms. The normalized spacial score (nSPS) is 20.3. The summed E-state index contributed by atoms with van der Waals surface area (Å²) in [7, 11) is 0. The molecular formula is C18H27N5O5. The first-order valence-electron chi connectivity index (χ1n) is 9.50. The minimum Gasteiger partial charge on any atom is -0.444 e. The number of nitro groups is 1. The van der Waals surface area contributed by atoms with Gasteiger partial charge in [-0.25, -0.2) is 4.79 Å². The SMILES string of the molecule is CC(C)(C)OC(=O)NC1CCN(CC2CNc3c([N+](=O)[O-])ccc(=O)n32)CC1. The number of hydrogen-bond acceptors (Lipinski definition) is 7. The van der Waals surface area contributed by atoms with Crippen molar-refractivity contribution in [3.05, 3.63) is 32.6 Å². The molecule has 0 aromatic carbocycles. The average Bonchev–Trinajstić information content (AvgIpc) is 2.99. The molecule has 3 heterocycles. The van der Waals surface area contributed by atoms with Crippen molar-refractivity contribution >= 4 is 17.6 Å². The van der Waals surface area contributed by atoms with Crippen LogP contribution in [-0.2, 0) is 4.74 Å². The zero-order chi connectivity index (χ0) is 20.5. The van der Waals surface area contributed by atoms with Gasteiger partial charge in [0.1, 0.15) is 5.60 Å². The van der Waals surface area contributed by atoms with Crippen molar-refractivity contribution in [2.75, 3.05) is 31.5 Å². The lowest BCUT2D eigenvalue weighted by atomic mass is 10.0. The first kappa shape index (κ1) is 20.1. The smallest absolute Gasteiger partial charge is 0.407 e. The van der Waals surface area contributed by atoms with Crippen LogP contribution in [0.15, 0.2) is 16.9 Å². The third-order valence-electron chi connectivity index (χ3n) is 4.95. The molecule has 0 aliphatic carbocycles. The van der Waals surface area contributed by atoms with E-state index in [0.29, 0.717) is 13.1 Å². The Morgan fingerprint density at radius 1 is 1.36 bits per heavy atom. The number of piperidine rings is 1. The number of nitrogens with one attached hydrogen (secondary N) is 2. The summed E-state index contributed by atoms with van der Waals surface area (Å²) in [5.41, 5.74) is -0.844. The number of carbonyl (C=O) groups is 1. The first-order valence-corrected chi connectivity index (χ1v) is 9.50. The van der Waals surface area contributed by atoms with Crippen molar-refractivity contribution in [1.82, 2.24) is 14.8 Å². The topological polar surface area (TPSA) is 119 Å². The van der Waals surface area contributed by atoms with Gasteiger partial charge in [0, 0.05) is 44.4 Å². The maximum atomic E-state index is 12.2. The molecule has 1 atom stereocenters. The van der Waals surface area contributed by atoms with E-state index in [1.807, 2.05) is 20.8 Å². The number of ether oxygens (including phenoxy) is 1. The zero-order valence-corrected chi connectivity index (χ0v) is 16.4. The molecule has 1 aromatic heterocycles. The molecule has 10 heteroatoms. The van der Waals surface area contributed by atoms with Gasteiger partial charge in [-0.1, -0.05) is 0 Å². The number of pyridine rings is 1.